The van der Waals surface area contributed by atoms with Crippen LogP contribution in [0.1, 0.15) is 29.2 Å². The molecule has 6 heteroatoms. The summed E-state index contributed by atoms with van der Waals surface area (Å²) >= 11 is 3.48. The lowest BCUT2D eigenvalue weighted by atomic mass is 10.1. The number of amides is 2. The van der Waals surface area contributed by atoms with Crippen LogP contribution < -0.4 is 15.0 Å². The molecule has 0 unspecified atom stereocenters. The second-order valence-electron chi connectivity index (χ2n) is 6.87. The number of hydrogen-bond donors (Lipinski definition) is 1. The van der Waals surface area contributed by atoms with Crippen LogP contribution in [0.25, 0.3) is 0 Å². The molecule has 1 N–H and O–H groups in total. The maximum Gasteiger partial charge on any atom is 0.262 e. The molecule has 0 fully saturated rings. The molecular weight excluding hydrogens is 408 g/mol. The lowest BCUT2D eigenvalue weighted by Crippen LogP contribution is -2.28. The van der Waals surface area contributed by atoms with Crippen LogP contribution >= 0.6 is 15.9 Å². The smallest absolute Gasteiger partial charge is 0.262 e. The molecule has 0 radical (unpaired) electrons. The van der Waals surface area contributed by atoms with Crippen molar-refractivity contribution in [1.29, 1.82) is 0 Å². The van der Waals surface area contributed by atoms with Crippen molar-refractivity contribution in [3.8, 4) is 5.75 Å². The summed E-state index contributed by atoms with van der Waals surface area (Å²) in [5.41, 5.74) is 5.60. The van der Waals surface area contributed by atoms with Gasteiger partial charge in [0.2, 0.25) is 5.91 Å². The summed E-state index contributed by atoms with van der Waals surface area (Å²) in [4.78, 5) is 26.2. The number of rotatable bonds is 4. The number of fused-ring (bicyclic) bond motifs is 1. The summed E-state index contributed by atoms with van der Waals surface area (Å²) < 4.78 is 6.67. The molecular formula is C21H23BrN2O3. The minimum atomic E-state index is -0.258. The third-order valence-corrected chi connectivity index (χ3v) is 5.36. The minimum Gasteiger partial charge on any atom is -0.483 e. The molecule has 142 valence electrons. The molecule has 2 amide bonds. The van der Waals surface area contributed by atoms with E-state index in [4.69, 9.17) is 4.74 Å². The van der Waals surface area contributed by atoms with Gasteiger partial charge in [-0.2, -0.15) is 0 Å². The molecule has 1 heterocycles. The highest BCUT2D eigenvalue weighted by Crippen LogP contribution is 2.38. The molecule has 0 aromatic heterocycles. The van der Waals surface area contributed by atoms with Crippen molar-refractivity contribution in [2.75, 3.05) is 23.4 Å². The Bertz CT molecular complexity index is 924. The molecule has 2 aromatic rings. The number of ether oxygens (including phenoxy) is 1. The fourth-order valence-electron chi connectivity index (χ4n) is 3.39. The van der Waals surface area contributed by atoms with Gasteiger partial charge in [0.05, 0.1) is 11.4 Å². The van der Waals surface area contributed by atoms with Gasteiger partial charge in [-0.05, 0) is 61.6 Å². The maximum absolute atomic E-state index is 12.5. The summed E-state index contributed by atoms with van der Waals surface area (Å²) in [6.45, 7) is 8.04. The van der Waals surface area contributed by atoms with Gasteiger partial charge in [-0.25, -0.2) is 0 Å². The van der Waals surface area contributed by atoms with Crippen molar-refractivity contribution in [3.05, 3.63) is 51.0 Å². The minimum absolute atomic E-state index is 0.0335. The third-order valence-electron chi connectivity index (χ3n) is 4.90. The Balaban J connectivity index is 1.78. The fourth-order valence-corrected chi connectivity index (χ4v) is 3.90. The van der Waals surface area contributed by atoms with E-state index in [0.717, 1.165) is 44.6 Å². The Morgan fingerprint density at radius 3 is 2.59 bits per heavy atom. The number of carbonyl (C=O) groups excluding carboxylic acids is 2. The molecule has 0 aliphatic carbocycles. The van der Waals surface area contributed by atoms with Crippen LogP contribution in [0.4, 0.5) is 11.4 Å². The molecule has 27 heavy (non-hydrogen) atoms. The number of nitrogens with zero attached hydrogens (tertiary/aromatic N) is 1. The van der Waals surface area contributed by atoms with Gasteiger partial charge in [0.1, 0.15) is 5.75 Å². The number of aryl methyl sites for hydroxylation is 2. The van der Waals surface area contributed by atoms with Crippen LogP contribution in [0.5, 0.6) is 5.75 Å². The molecule has 2 aromatic carbocycles. The Morgan fingerprint density at radius 1 is 1.19 bits per heavy atom. The van der Waals surface area contributed by atoms with Crippen LogP contribution in [-0.4, -0.2) is 25.0 Å². The van der Waals surface area contributed by atoms with E-state index in [1.165, 1.54) is 6.92 Å². The molecule has 0 atom stereocenters. The molecule has 3 rings (SSSR count). The molecule has 1 aliphatic heterocycles. The normalized spacial score (nSPS) is 12.7. The maximum atomic E-state index is 12.5. The van der Waals surface area contributed by atoms with Crippen molar-refractivity contribution in [1.82, 2.24) is 0 Å². The number of halogens is 1. The van der Waals surface area contributed by atoms with Crippen molar-refractivity contribution >= 4 is 39.1 Å². The zero-order valence-electron chi connectivity index (χ0n) is 16.0. The van der Waals surface area contributed by atoms with E-state index in [9.17, 15) is 9.59 Å². The summed E-state index contributed by atoms with van der Waals surface area (Å²) in [5, 5.41) is 2.90. The lowest BCUT2D eigenvalue weighted by molar-refractivity contribution is -0.118. The van der Waals surface area contributed by atoms with Crippen LogP contribution in [-0.2, 0) is 16.0 Å². The van der Waals surface area contributed by atoms with Gasteiger partial charge in [-0.15, -0.1) is 0 Å². The Labute approximate surface area is 167 Å². The summed E-state index contributed by atoms with van der Waals surface area (Å²) in [7, 11) is 0. The van der Waals surface area contributed by atoms with Crippen molar-refractivity contribution in [3.63, 3.8) is 0 Å². The van der Waals surface area contributed by atoms with Crippen LogP contribution in [0.3, 0.4) is 0 Å². The number of hydrogen-bond acceptors (Lipinski definition) is 3. The first kappa shape index (κ1) is 19.4. The van der Waals surface area contributed by atoms with Crippen molar-refractivity contribution in [2.24, 2.45) is 0 Å². The first-order chi connectivity index (χ1) is 12.8. The second-order valence-corrected chi connectivity index (χ2v) is 7.79. The fraction of sp³-hybridized carbons (Fsp3) is 0.333. The number of anilines is 2. The monoisotopic (exact) mass is 430 g/mol. The molecule has 0 saturated carbocycles. The standard InChI is InChI=1S/C21H23BrN2O3/c1-12-5-6-13(2)21(14(12)3)27-11-19(26)23-18-10-17(22)9-16-7-8-24(15(4)25)20(16)18/h5-6,9-10H,7-8,11H2,1-4H3,(H,23,26). The Kier molecular flexibility index (Phi) is 5.56. The average molecular weight is 431 g/mol. The predicted molar refractivity (Wildman–Crippen MR) is 111 cm³/mol. The number of benzene rings is 2. The quantitative estimate of drug-likeness (QED) is 0.786. The molecule has 0 saturated heterocycles. The first-order valence-electron chi connectivity index (χ1n) is 8.88. The lowest BCUT2D eigenvalue weighted by Gasteiger charge is -2.20. The molecule has 0 bridgehead atoms. The van der Waals surface area contributed by atoms with Gasteiger partial charge >= 0.3 is 0 Å². The van der Waals surface area contributed by atoms with Crippen molar-refractivity contribution < 1.29 is 14.3 Å². The van der Waals surface area contributed by atoms with Gasteiger partial charge in [0, 0.05) is 17.9 Å². The second kappa shape index (κ2) is 7.72. The molecule has 1 aliphatic rings. The first-order valence-corrected chi connectivity index (χ1v) is 9.67. The predicted octanol–water partition coefficient (Wildman–Crippen LogP) is 4.30. The summed E-state index contributed by atoms with van der Waals surface area (Å²) in [6, 6.07) is 7.84. The SMILES string of the molecule is CC(=O)N1CCc2cc(Br)cc(NC(=O)COc3c(C)ccc(C)c3C)c21. The van der Waals surface area contributed by atoms with Crippen LogP contribution in [0.2, 0.25) is 0 Å². The van der Waals surface area contributed by atoms with E-state index in [1.54, 1.807) is 4.90 Å². The highest BCUT2D eigenvalue weighted by atomic mass is 79.9. The Morgan fingerprint density at radius 2 is 1.89 bits per heavy atom. The number of nitrogens with one attached hydrogen (secondary N) is 1. The topological polar surface area (TPSA) is 58.6 Å². The molecule has 0 spiro atoms. The van der Waals surface area contributed by atoms with E-state index in [2.05, 4.69) is 21.2 Å². The van der Waals surface area contributed by atoms with Gasteiger partial charge in [-0.3, -0.25) is 9.59 Å². The highest BCUT2D eigenvalue weighted by Gasteiger charge is 2.26. The average Bonchev–Trinajstić information content (AvgIpc) is 3.02. The van der Waals surface area contributed by atoms with Gasteiger partial charge < -0.3 is 15.0 Å². The van der Waals surface area contributed by atoms with Crippen molar-refractivity contribution in [2.45, 2.75) is 34.1 Å². The Hall–Kier alpha value is -2.34. The zero-order valence-corrected chi connectivity index (χ0v) is 17.6. The van der Waals surface area contributed by atoms with Crippen LogP contribution in [0.15, 0.2) is 28.7 Å². The van der Waals surface area contributed by atoms with Gasteiger partial charge in [-0.1, -0.05) is 28.1 Å². The van der Waals surface area contributed by atoms with Gasteiger partial charge in [0.15, 0.2) is 6.61 Å². The highest BCUT2D eigenvalue weighted by molar-refractivity contribution is 9.10. The van der Waals surface area contributed by atoms with Crippen LogP contribution in [0, 0.1) is 20.8 Å². The van der Waals surface area contributed by atoms with E-state index in [-0.39, 0.29) is 18.4 Å². The van der Waals surface area contributed by atoms with Gasteiger partial charge in [0.25, 0.3) is 5.91 Å². The molecule has 5 nitrogen and oxygen atoms in total. The summed E-state index contributed by atoms with van der Waals surface area (Å²) in [5.74, 6) is 0.454. The van der Waals surface area contributed by atoms with E-state index < -0.39 is 0 Å². The van der Waals surface area contributed by atoms with E-state index in [0.29, 0.717) is 12.2 Å². The van der Waals surface area contributed by atoms with E-state index in [1.807, 2.05) is 45.0 Å². The largest absolute Gasteiger partial charge is 0.483 e. The number of carbonyl (C=O) groups is 2. The third kappa shape index (κ3) is 4.00. The summed E-state index contributed by atoms with van der Waals surface area (Å²) in [6.07, 6.45) is 0.773. The zero-order chi connectivity index (χ0) is 19.7. The van der Waals surface area contributed by atoms with E-state index >= 15 is 0 Å².